The van der Waals surface area contributed by atoms with E-state index in [-0.39, 0.29) is 11.9 Å². The lowest BCUT2D eigenvalue weighted by Gasteiger charge is -2.30. The van der Waals surface area contributed by atoms with Crippen molar-refractivity contribution in [2.24, 2.45) is 0 Å². The summed E-state index contributed by atoms with van der Waals surface area (Å²) in [6.07, 6.45) is -0.376. The zero-order valence-corrected chi connectivity index (χ0v) is 11.3. The van der Waals surface area contributed by atoms with Crippen molar-refractivity contribution in [3.8, 4) is 6.07 Å². The van der Waals surface area contributed by atoms with Crippen molar-refractivity contribution in [2.75, 3.05) is 12.3 Å². The van der Waals surface area contributed by atoms with E-state index in [4.69, 9.17) is 15.7 Å². The highest BCUT2D eigenvalue weighted by Crippen LogP contribution is 2.20. The van der Waals surface area contributed by atoms with E-state index in [0.717, 1.165) is 0 Å². The van der Waals surface area contributed by atoms with Crippen LogP contribution >= 0.6 is 0 Å². The molecule has 2 rings (SSSR count). The minimum Gasteiger partial charge on any atom is -0.444 e. The third kappa shape index (κ3) is 2.62. The largest absolute Gasteiger partial charge is 0.444 e. The maximum atomic E-state index is 12.0. The molecule has 0 saturated heterocycles. The molecule has 7 nitrogen and oxygen atoms in total. The van der Waals surface area contributed by atoms with Crippen molar-refractivity contribution in [3.05, 3.63) is 11.5 Å². The van der Waals surface area contributed by atoms with E-state index in [1.165, 1.54) is 0 Å². The molecule has 7 heteroatoms. The topological polar surface area (TPSA) is 97.2 Å². The van der Waals surface area contributed by atoms with Gasteiger partial charge in [-0.15, -0.1) is 0 Å². The number of carbonyl (C=O) groups excluding carboxylic acids is 1. The standard InChI is InChI=1S/C12H17N5O2/c1-12(2,3)19-11(18)16-4-5-17-8(6-13)10(14)15-9(17)7-16/h4-5,7,14H2,1-3H3. The van der Waals surface area contributed by atoms with E-state index in [2.05, 4.69) is 4.98 Å². The second-order valence-corrected chi connectivity index (χ2v) is 5.43. The minimum atomic E-state index is -0.527. The summed E-state index contributed by atoms with van der Waals surface area (Å²) < 4.78 is 7.06. The van der Waals surface area contributed by atoms with Crippen LogP contribution in [0.4, 0.5) is 10.6 Å². The molecule has 0 unspecified atom stereocenters. The lowest BCUT2D eigenvalue weighted by molar-refractivity contribution is 0.0195. The first-order chi connectivity index (χ1) is 8.81. The molecule has 0 saturated carbocycles. The lowest BCUT2D eigenvalue weighted by Crippen LogP contribution is -2.41. The molecule has 1 aliphatic heterocycles. The van der Waals surface area contributed by atoms with Gasteiger partial charge in [-0.05, 0) is 20.8 Å². The fraction of sp³-hybridized carbons (Fsp3) is 0.583. The molecule has 1 aromatic heterocycles. The van der Waals surface area contributed by atoms with Crippen LogP contribution in [0.1, 0.15) is 32.3 Å². The summed E-state index contributed by atoms with van der Waals surface area (Å²) in [5.41, 5.74) is 5.50. The number of nitriles is 1. The number of hydrogen-bond donors (Lipinski definition) is 1. The first kappa shape index (κ1) is 13.2. The van der Waals surface area contributed by atoms with Crippen LogP contribution in [0.5, 0.6) is 0 Å². The monoisotopic (exact) mass is 263 g/mol. The molecule has 1 aliphatic rings. The summed E-state index contributed by atoms with van der Waals surface area (Å²) in [5.74, 6) is 0.828. The third-order valence-corrected chi connectivity index (χ3v) is 2.76. The Kier molecular flexibility index (Phi) is 3.10. The van der Waals surface area contributed by atoms with E-state index in [9.17, 15) is 4.79 Å². The summed E-state index contributed by atoms with van der Waals surface area (Å²) >= 11 is 0. The number of ether oxygens (including phenoxy) is 1. The van der Waals surface area contributed by atoms with Gasteiger partial charge < -0.3 is 15.0 Å². The first-order valence-electron chi connectivity index (χ1n) is 6.04. The Hall–Kier alpha value is -2.23. The Bertz CT molecular complexity index is 550. The fourth-order valence-corrected chi connectivity index (χ4v) is 1.95. The molecular weight excluding hydrogens is 246 g/mol. The average Bonchev–Trinajstić information content (AvgIpc) is 2.60. The van der Waals surface area contributed by atoms with Gasteiger partial charge >= 0.3 is 6.09 Å². The highest BCUT2D eigenvalue weighted by Gasteiger charge is 2.28. The van der Waals surface area contributed by atoms with Crippen LogP contribution in [0.15, 0.2) is 0 Å². The Morgan fingerprint density at radius 1 is 1.47 bits per heavy atom. The maximum absolute atomic E-state index is 12.0. The third-order valence-electron chi connectivity index (χ3n) is 2.76. The van der Waals surface area contributed by atoms with E-state index in [1.54, 1.807) is 9.47 Å². The second-order valence-electron chi connectivity index (χ2n) is 5.43. The Labute approximate surface area is 111 Å². The molecule has 19 heavy (non-hydrogen) atoms. The zero-order chi connectivity index (χ0) is 14.2. The van der Waals surface area contributed by atoms with Gasteiger partial charge in [0.1, 0.15) is 17.5 Å². The van der Waals surface area contributed by atoms with Gasteiger partial charge in [0, 0.05) is 13.1 Å². The maximum Gasteiger partial charge on any atom is 0.410 e. The highest BCUT2D eigenvalue weighted by atomic mass is 16.6. The van der Waals surface area contributed by atoms with Crippen molar-refractivity contribution in [1.82, 2.24) is 14.5 Å². The van der Waals surface area contributed by atoms with Crippen LogP contribution < -0.4 is 5.73 Å². The van der Waals surface area contributed by atoms with Crippen molar-refractivity contribution in [3.63, 3.8) is 0 Å². The fourth-order valence-electron chi connectivity index (χ4n) is 1.95. The number of rotatable bonds is 0. The van der Waals surface area contributed by atoms with Gasteiger partial charge in [-0.3, -0.25) is 4.90 Å². The number of hydrogen-bond acceptors (Lipinski definition) is 5. The van der Waals surface area contributed by atoms with Gasteiger partial charge in [0.05, 0.1) is 6.54 Å². The first-order valence-corrected chi connectivity index (χ1v) is 6.04. The van der Waals surface area contributed by atoms with Gasteiger partial charge in [-0.25, -0.2) is 9.78 Å². The highest BCUT2D eigenvalue weighted by molar-refractivity contribution is 5.68. The van der Waals surface area contributed by atoms with Gasteiger partial charge in [-0.2, -0.15) is 5.26 Å². The van der Waals surface area contributed by atoms with Crippen LogP contribution in [-0.2, 0) is 17.8 Å². The van der Waals surface area contributed by atoms with Gasteiger partial charge in [-0.1, -0.05) is 0 Å². The molecule has 0 spiro atoms. The number of aromatic nitrogens is 2. The molecule has 0 radical (unpaired) electrons. The molecule has 0 fully saturated rings. The number of fused-ring (bicyclic) bond motifs is 1. The van der Waals surface area contributed by atoms with Crippen molar-refractivity contribution in [1.29, 1.82) is 5.26 Å². The summed E-state index contributed by atoms with van der Waals surface area (Å²) in [4.78, 5) is 17.6. The predicted molar refractivity (Wildman–Crippen MR) is 68.0 cm³/mol. The van der Waals surface area contributed by atoms with Gasteiger partial charge in [0.2, 0.25) is 0 Å². The van der Waals surface area contributed by atoms with Crippen molar-refractivity contribution >= 4 is 11.9 Å². The van der Waals surface area contributed by atoms with E-state index in [0.29, 0.717) is 31.2 Å². The van der Waals surface area contributed by atoms with Gasteiger partial charge in [0.15, 0.2) is 11.5 Å². The Morgan fingerprint density at radius 2 is 2.16 bits per heavy atom. The minimum absolute atomic E-state index is 0.212. The molecule has 2 N–H and O–H groups in total. The number of nitrogen functional groups attached to an aromatic ring is 1. The normalized spacial score (nSPS) is 14.7. The van der Waals surface area contributed by atoms with E-state index in [1.807, 2.05) is 26.8 Å². The van der Waals surface area contributed by atoms with Crippen molar-refractivity contribution in [2.45, 2.75) is 39.5 Å². The molecule has 0 aliphatic carbocycles. The van der Waals surface area contributed by atoms with Crippen LogP contribution in [0.3, 0.4) is 0 Å². The second kappa shape index (κ2) is 4.46. The summed E-state index contributed by atoms with van der Waals surface area (Å²) in [6, 6.07) is 2.03. The number of nitrogens with two attached hydrogens (primary N) is 1. The predicted octanol–water partition coefficient (Wildman–Crippen LogP) is 1.09. The van der Waals surface area contributed by atoms with Gasteiger partial charge in [0.25, 0.3) is 0 Å². The number of imidazole rings is 1. The summed E-state index contributed by atoms with van der Waals surface area (Å²) in [7, 11) is 0. The van der Waals surface area contributed by atoms with Crippen LogP contribution in [-0.4, -0.2) is 32.7 Å². The molecule has 2 heterocycles. The lowest BCUT2D eigenvalue weighted by atomic mass is 10.2. The zero-order valence-electron chi connectivity index (χ0n) is 11.3. The van der Waals surface area contributed by atoms with Crippen LogP contribution in [0.2, 0.25) is 0 Å². The molecule has 0 atom stereocenters. The Balaban J connectivity index is 2.15. The smallest absolute Gasteiger partial charge is 0.410 e. The average molecular weight is 263 g/mol. The Morgan fingerprint density at radius 3 is 2.74 bits per heavy atom. The molecular formula is C12H17N5O2. The van der Waals surface area contributed by atoms with Crippen LogP contribution in [0, 0.1) is 11.3 Å². The molecule has 1 amide bonds. The van der Waals surface area contributed by atoms with Crippen molar-refractivity contribution < 1.29 is 9.53 Å². The molecule has 1 aromatic rings. The SMILES string of the molecule is CC(C)(C)OC(=O)N1CCn2c(nc(N)c2C#N)C1. The number of amides is 1. The quantitative estimate of drug-likeness (QED) is 0.755. The molecule has 102 valence electrons. The summed E-state index contributed by atoms with van der Waals surface area (Å²) in [6.45, 7) is 6.75. The summed E-state index contributed by atoms with van der Waals surface area (Å²) in [5, 5.41) is 9.00. The molecule has 0 aromatic carbocycles. The van der Waals surface area contributed by atoms with Crippen LogP contribution in [0.25, 0.3) is 0 Å². The molecule has 0 bridgehead atoms. The van der Waals surface area contributed by atoms with E-state index < -0.39 is 5.60 Å². The number of carbonyl (C=O) groups is 1. The number of nitrogens with zero attached hydrogens (tertiary/aromatic N) is 4. The van der Waals surface area contributed by atoms with E-state index >= 15 is 0 Å². The number of anilines is 1.